The van der Waals surface area contributed by atoms with Gasteiger partial charge < -0.3 is 5.32 Å². The fourth-order valence-electron chi connectivity index (χ4n) is 3.95. The highest BCUT2D eigenvalue weighted by molar-refractivity contribution is 5.12. The molecule has 1 fully saturated rings. The Labute approximate surface area is 242 Å². The number of pyridine rings is 1. The third-order valence-corrected chi connectivity index (χ3v) is 6.90. The number of aromatic amines is 1. The third kappa shape index (κ3) is 11.9. The third-order valence-electron chi connectivity index (χ3n) is 6.90. The molecule has 0 amide bonds. The van der Waals surface area contributed by atoms with E-state index in [2.05, 4.69) is 103 Å². The molecule has 1 aliphatic rings. The number of aromatic nitrogens is 7. The van der Waals surface area contributed by atoms with Crippen LogP contribution < -0.4 is 5.32 Å². The van der Waals surface area contributed by atoms with Gasteiger partial charge in [0, 0.05) is 38.0 Å². The lowest BCUT2D eigenvalue weighted by atomic mass is 10.1. The standard InChI is InChI=1S/C11H19N3.C8H11N.C7H12N2.C6H10N2/c1-9(2)10-7-13-14(8-10)11-3-5-12-6-4-11;1-7(2)8-4-3-5-9-6-8;1-6(2)7-4-8-9(3)5-7;1-5(2)6-3-7-8-4-6/h7-9,11-12H,3-6H2,1-2H3;3-7H,1-2H3;4-6H,1-3H3;3-5H,1-2H3,(H,7,8). The Morgan fingerprint density at radius 3 is 1.70 bits per heavy atom. The van der Waals surface area contributed by atoms with Crippen LogP contribution in [-0.2, 0) is 7.05 Å². The number of nitrogens with zero attached hydrogens (tertiary/aromatic N) is 6. The summed E-state index contributed by atoms with van der Waals surface area (Å²) in [5.74, 6) is 2.37. The van der Waals surface area contributed by atoms with Gasteiger partial charge in [-0.25, -0.2) is 0 Å². The SMILES string of the molecule is CC(C)c1cccnc1.CC(C)c1cn[nH]c1.CC(C)c1cnn(C)c1.CC(C)c1cnn(C2CCNCC2)c1. The highest BCUT2D eigenvalue weighted by atomic mass is 15.3. The molecule has 4 aromatic rings. The molecular weight excluding hydrogens is 496 g/mol. The maximum absolute atomic E-state index is 4.45. The molecule has 5 rings (SSSR count). The minimum atomic E-state index is 0.588. The van der Waals surface area contributed by atoms with E-state index in [1.165, 1.54) is 35.1 Å². The molecule has 0 bridgehead atoms. The van der Waals surface area contributed by atoms with Gasteiger partial charge in [0.1, 0.15) is 0 Å². The molecule has 1 aliphatic heterocycles. The zero-order valence-corrected chi connectivity index (χ0v) is 26.2. The summed E-state index contributed by atoms with van der Waals surface area (Å²) in [4.78, 5) is 4.01. The maximum Gasteiger partial charge on any atom is 0.0543 e. The van der Waals surface area contributed by atoms with Crippen molar-refractivity contribution in [3.8, 4) is 0 Å². The number of H-pyrrole nitrogens is 1. The van der Waals surface area contributed by atoms with Gasteiger partial charge in [-0.1, -0.05) is 61.5 Å². The summed E-state index contributed by atoms with van der Waals surface area (Å²) < 4.78 is 3.98. The largest absolute Gasteiger partial charge is 0.317 e. The van der Waals surface area contributed by atoms with Crippen LogP contribution in [0.25, 0.3) is 0 Å². The summed E-state index contributed by atoms with van der Waals surface area (Å²) in [7, 11) is 1.94. The Kier molecular flexibility index (Phi) is 14.4. The average Bonchev–Trinajstić information content (AvgIpc) is 3.73. The van der Waals surface area contributed by atoms with Crippen molar-refractivity contribution in [2.45, 2.75) is 97.9 Å². The van der Waals surface area contributed by atoms with Crippen molar-refractivity contribution >= 4 is 0 Å². The van der Waals surface area contributed by atoms with E-state index in [9.17, 15) is 0 Å². The second-order valence-corrected chi connectivity index (χ2v) is 11.6. The van der Waals surface area contributed by atoms with Crippen LogP contribution in [0.15, 0.2) is 61.7 Å². The van der Waals surface area contributed by atoms with E-state index in [-0.39, 0.29) is 0 Å². The first kappa shape index (κ1) is 32.9. The number of hydrogen-bond donors (Lipinski definition) is 2. The van der Waals surface area contributed by atoms with Crippen LogP contribution >= 0.6 is 0 Å². The highest BCUT2D eigenvalue weighted by Crippen LogP contribution is 2.20. The quantitative estimate of drug-likeness (QED) is 0.275. The van der Waals surface area contributed by atoms with E-state index < -0.39 is 0 Å². The zero-order valence-electron chi connectivity index (χ0n) is 26.2. The summed E-state index contributed by atoms with van der Waals surface area (Å²) in [5.41, 5.74) is 5.23. The molecule has 2 N–H and O–H groups in total. The lowest BCUT2D eigenvalue weighted by Crippen LogP contribution is -2.29. The number of piperidine rings is 1. The zero-order chi connectivity index (χ0) is 29.5. The second-order valence-electron chi connectivity index (χ2n) is 11.6. The van der Waals surface area contributed by atoms with Crippen molar-refractivity contribution in [3.63, 3.8) is 0 Å². The molecule has 0 spiro atoms. The fourth-order valence-corrected chi connectivity index (χ4v) is 3.95. The molecule has 1 saturated heterocycles. The smallest absolute Gasteiger partial charge is 0.0543 e. The predicted octanol–water partition coefficient (Wildman–Crippen LogP) is 7.21. The molecule has 5 heterocycles. The lowest BCUT2D eigenvalue weighted by Gasteiger charge is -2.22. The molecule has 0 aromatic carbocycles. The lowest BCUT2D eigenvalue weighted by molar-refractivity contribution is 0.343. The molecule has 40 heavy (non-hydrogen) atoms. The van der Waals surface area contributed by atoms with Crippen LogP contribution in [0, 0.1) is 0 Å². The highest BCUT2D eigenvalue weighted by Gasteiger charge is 2.16. The molecular formula is C32H52N8. The summed E-state index contributed by atoms with van der Waals surface area (Å²) in [6.45, 7) is 19.6. The van der Waals surface area contributed by atoms with E-state index in [0.717, 1.165) is 13.1 Å². The first-order valence-corrected chi connectivity index (χ1v) is 14.7. The van der Waals surface area contributed by atoms with Gasteiger partial charge in [-0.05, 0) is 77.9 Å². The molecule has 8 nitrogen and oxygen atoms in total. The number of rotatable bonds is 5. The topological polar surface area (TPSA) is 89.2 Å². The van der Waals surface area contributed by atoms with Crippen molar-refractivity contribution in [2.24, 2.45) is 7.05 Å². The molecule has 0 atom stereocenters. The Hall–Kier alpha value is -3.26. The Morgan fingerprint density at radius 1 is 0.725 bits per heavy atom. The van der Waals surface area contributed by atoms with Crippen LogP contribution in [0.1, 0.15) is 120 Å². The van der Waals surface area contributed by atoms with Gasteiger partial charge in [-0.15, -0.1) is 0 Å². The van der Waals surface area contributed by atoms with Gasteiger partial charge in [0.15, 0.2) is 0 Å². The summed E-state index contributed by atoms with van der Waals surface area (Å²) in [6, 6.07) is 4.68. The molecule has 0 saturated carbocycles. The van der Waals surface area contributed by atoms with Crippen LogP contribution in [-0.4, -0.2) is 47.8 Å². The molecule has 8 heteroatoms. The minimum Gasteiger partial charge on any atom is -0.317 e. The Balaban J connectivity index is 0.000000192. The number of hydrogen-bond acceptors (Lipinski definition) is 5. The molecule has 0 radical (unpaired) electrons. The second kappa shape index (κ2) is 17.4. The van der Waals surface area contributed by atoms with Gasteiger partial charge in [0.2, 0.25) is 0 Å². The fraction of sp³-hybridized carbons (Fsp3) is 0.562. The first-order chi connectivity index (χ1) is 19.1. The average molecular weight is 549 g/mol. The number of aryl methyl sites for hydroxylation is 1. The van der Waals surface area contributed by atoms with Gasteiger partial charge in [-0.3, -0.25) is 19.4 Å². The van der Waals surface area contributed by atoms with E-state index in [1.807, 2.05) is 55.0 Å². The normalized spacial score (nSPS) is 13.4. The van der Waals surface area contributed by atoms with Crippen LogP contribution in [0.2, 0.25) is 0 Å². The van der Waals surface area contributed by atoms with Crippen molar-refractivity contribution in [1.82, 2.24) is 40.1 Å². The number of nitrogens with one attached hydrogen (secondary N) is 2. The van der Waals surface area contributed by atoms with E-state index >= 15 is 0 Å². The minimum absolute atomic E-state index is 0.588. The van der Waals surface area contributed by atoms with Crippen molar-refractivity contribution < 1.29 is 0 Å². The van der Waals surface area contributed by atoms with E-state index in [1.54, 1.807) is 6.20 Å². The van der Waals surface area contributed by atoms with E-state index in [0.29, 0.717) is 29.7 Å². The van der Waals surface area contributed by atoms with Gasteiger partial charge in [0.25, 0.3) is 0 Å². The van der Waals surface area contributed by atoms with Gasteiger partial charge in [-0.2, -0.15) is 15.3 Å². The Bertz CT molecular complexity index is 1150. The molecule has 220 valence electrons. The summed E-state index contributed by atoms with van der Waals surface area (Å²) >= 11 is 0. The van der Waals surface area contributed by atoms with E-state index in [4.69, 9.17) is 0 Å². The summed E-state index contributed by atoms with van der Waals surface area (Å²) in [6.07, 6.45) is 18.1. The van der Waals surface area contributed by atoms with Gasteiger partial charge in [0.05, 0.1) is 24.6 Å². The van der Waals surface area contributed by atoms with Crippen LogP contribution in [0.5, 0.6) is 0 Å². The predicted molar refractivity (Wildman–Crippen MR) is 166 cm³/mol. The molecule has 4 aromatic heterocycles. The van der Waals surface area contributed by atoms with Crippen molar-refractivity contribution in [2.75, 3.05) is 13.1 Å². The van der Waals surface area contributed by atoms with Crippen molar-refractivity contribution in [3.05, 3.63) is 84.0 Å². The summed E-state index contributed by atoms with van der Waals surface area (Å²) in [5, 5.41) is 18.5. The first-order valence-electron chi connectivity index (χ1n) is 14.7. The Morgan fingerprint density at radius 2 is 1.32 bits per heavy atom. The monoisotopic (exact) mass is 548 g/mol. The molecule has 0 unspecified atom stereocenters. The maximum atomic E-state index is 4.45. The van der Waals surface area contributed by atoms with Gasteiger partial charge >= 0.3 is 0 Å². The van der Waals surface area contributed by atoms with Crippen molar-refractivity contribution in [1.29, 1.82) is 0 Å². The van der Waals surface area contributed by atoms with Crippen LogP contribution in [0.4, 0.5) is 0 Å². The molecule has 0 aliphatic carbocycles. The van der Waals surface area contributed by atoms with Crippen LogP contribution in [0.3, 0.4) is 0 Å².